The molecule has 0 saturated heterocycles. The fourth-order valence-corrected chi connectivity index (χ4v) is 2.81. The van der Waals surface area contributed by atoms with Crippen LogP contribution < -0.4 is 14.2 Å². The first kappa shape index (κ1) is 17.2. The third-order valence-corrected chi connectivity index (χ3v) is 3.86. The number of nitrogens with zero attached hydrogens (tertiary/aromatic N) is 1. The Morgan fingerprint density at radius 3 is 2.17 bits per heavy atom. The molecule has 0 radical (unpaired) electrons. The van der Waals surface area contributed by atoms with E-state index in [1.54, 1.807) is 21.3 Å². The summed E-state index contributed by atoms with van der Waals surface area (Å²) in [6.07, 6.45) is 0.976. The molecule has 23 heavy (non-hydrogen) atoms. The molecular weight excluding hydrogens is 314 g/mol. The van der Waals surface area contributed by atoms with Gasteiger partial charge in [-0.25, -0.2) is 0 Å². The number of benzene rings is 2. The second kappa shape index (κ2) is 7.38. The SMILES string of the molecule is COc1cc(C2=NCCc3ccccc32)cc(OC)c1OC.Cl. The molecule has 0 unspecified atom stereocenters. The normalized spacial score (nSPS) is 12.6. The highest BCUT2D eigenvalue weighted by Crippen LogP contribution is 2.39. The number of ether oxygens (including phenoxy) is 3. The molecule has 0 aromatic heterocycles. The second-order valence-corrected chi connectivity index (χ2v) is 5.05. The summed E-state index contributed by atoms with van der Waals surface area (Å²) in [5.74, 6) is 1.88. The van der Waals surface area contributed by atoms with Crippen molar-refractivity contribution in [2.75, 3.05) is 27.9 Å². The lowest BCUT2D eigenvalue weighted by Crippen LogP contribution is -2.14. The summed E-state index contributed by atoms with van der Waals surface area (Å²) in [4.78, 5) is 4.71. The highest BCUT2D eigenvalue weighted by molar-refractivity contribution is 6.14. The van der Waals surface area contributed by atoms with E-state index >= 15 is 0 Å². The van der Waals surface area contributed by atoms with Crippen LogP contribution in [0.4, 0.5) is 0 Å². The Balaban J connectivity index is 0.00000192. The van der Waals surface area contributed by atoms with Gasteiger partial charge in [0.1, 0.15) is 0 Å². The van der Waals surface area contributed by atoms with Crippen molar-refractivity contribution >= 4 is 18.1 Å². The maximum Gasteiger partial charge on any atom is 0.203 e. The maximum absolute atomic E-state index is 5.44. The average molecular weight is 334 g/mol. The minimum atomic E-state index is 0. The van der Waals surface area contributed by atoms with Gasteiger partial charge in [-0.05, 0) is 24.1 Å². The third-order valence-electron chi connectivity index (χ3n) is 3.86. The van der Waals surface area contributed by atoms with E-state index in [0.29, 0.717) is 17.2 Å². The van der Waals surface area contributed by atoms with E-state index in [9.17, 15) is 0 Å². The van der Waals surface area contributed by atoms with E-state index in [1.807, 2.05) is 18.2 Å². The standard InChI is InChI=1S/C18H19NO3.ClH/c1-20-15-10-13(11-16(21-2)18(15)22-3)17-14-7-5-4-6-12(14)8-9-19-17;/h4-7,10-11H,8-9H2,1-3H3;1H. The van der Waals surface area contributed by atoms with Crippen LogP contribution >= 0.6 is 12.4 Å². The molecule has 3 rings (SSSR count). The highest BCUT2D eigenvalue weighted by atomic mass is 35.5. The molecule has 0 N–H and O–H groups in total. The van der Waals surface area contributed by atoms with E-state index in [1.165, 1.54) is 11.1 Å². The molecule has 2 aromatic rings. The summed E-state index contributed by atoms with van der Waals surface area (Å²) in [5, 5.41) is 0. The summed E-state index contributed by atoms with van der Waals surface area (Å²) >= 11 is 0. The van der Waals surface area contributed by atoms with Crippen molar-refractivity contribution in [1.29, 1.82) is 0 Å². The zero-order valence-corrected chi connectivity index (χ0v) is 14.3. The van der Waals surface area contributed by atoms with Gasteiger partial charge in [0.2, 0.25) is 5.75 Å². The lowest BCUT2D eigenvalue weighted by molar-refractivity contribution is 0.324. The second-order valence-electron chi connectivity index (χ2n) is 5.05. The van der Waals surface area contributed by atoms with Crippen LogP contribution in [-0.2, 0) is 6.42 Å². The lowest BCUT2D eigenvalue weighted by atomic mass is 9.93. The molecule has 2 aromatic carbocycles. The maximum atomic E-state index is 5.44. The summed E-state index contributed by atoms with van der Waals surface area (Å²) in [5.41, 5.74) is 4.44. The van der Waals surface area contributed by atoms with Gasteiger partial charge in [0.05, 0.1) is 27.0 Å². The van der Waals surface area contributed by atoms with Crippen LogP contribution in [0.3, 0.4) is 0 Å². The fourth-order valence-electron chi connectivity index (χ4n) is 2.81. The van der Waals surface area contributed by atoms with Gasteiger partial charge in [-0.3, -0.25) is 4.99 Å². The van der Waals surface area contributed by atoms with Gasteiger partial charge in [0, 0.05) is 17.7 Å². The zero-order chi connectivity index (χ0) is 15.5. The predicted molar refractivity (Wildman–Crippen MR) is 94.0 cm³/mol. The smallest absolute Gasteiger partial charge is 0.203 e. The van der Waals surface area contributed by atoms with E-state index in [0.717, 1.165) is 24.2 Å². The predicted octanol–water partition coefficient (Wildman–Crippen LogP) is 3.53. The molecule has 0 bridgehead atoms. The van der Waals surface area contributed by atoms with Crippen molar-refractivity contribution in [1.82, 2.24) is 0 Å². The first-order chi connectivity index (χ1) is 10.8. The van der Waals surface area contributed by atoms with Crippen molar-refractivity contribution in [3.8, 4) is 17.2 Å². The average Bonchev–Trinajstić information content (AvgIpc) is 2.59. The molecule has 4 nitrogen and oxygen atoms in total. The van der Waals surface area contributed by atoms with Crippen LogP contribution in [0.15, 0.2) is 41.4 Å². The molecule has 1 aliphatic heterocycles. The van der Waals surface area contributed by atoms with Crippen LogP contribution in [0.1, 0.15) is 16.7 Å². The molecule has 122 valence electrons. The van der Waals surface area contributed by atoms with Gasteiger partial charge >= 0.3 is 0 Å². The number of fused-ring (bicyclic) bond motifs is 1. The first-order valence-corrected chi connectivity index (χ1v) is 7.21. The summed E-state index contributed by atoms with van der Waals surface area (Å²) in [7, 11) is 4.85. The topological polar surface area (TPSA) is 40.0 Å². The van der Waals surface area contributed by atoms with Gasteiger partial charge in [0.25, 0.3) is 0 Å². The van der Waals surface area contributed by atoms with Gasteiger partial charge in [0.15, 0.2) is 11.5 Å². The van der Waals surface area contributed by atoms with Gasteiger partial charge < -0.3 is 14.2 Å². The van der Waals surface area contributed by atoms with Crippen molar-refractivity contribution in [2.45, 2.75) is 6.42 Å². The monoisotopic (exact) mass is 333 g/mol. The number of rotatable bonds is 4. The third kappa shape index (κ3) is 3.13. The molecule has 0 saturated carbocycles. The Hall–Kier alpha value is -2.20. The number of hydrogen-bond donors (Lipinski definition) is 0. The first-order valence-electron chi connectivity index (χ1n) is 7.21. The molecular formula is C18H20ClNO3. The van der Waals surface area contributed by atoms with E-state index < -0.39 is 0 Å². The highest BCUT2D eigenvalue weighted by Gasteiger charge is 2.20. The molecule has 1 heterocycles. The van der Waals surface area contributed by atoms with Gasteiger partial charge in [-0.15, -0.1) is 12.4 Å². The van der Waals surface area contributed by atoms with Crippen LogP contribution in [0, 0.1) is 0 Å². The van der Waals surface area contributed by atoms with Crippen LogP contribution in [0.25, 0.3) is 0 Å². The van der Waals surface area contributed by atoms with E-state index in [-0.39, 0.29) is 12.4 Å². The molecule has 0 aliphatic carbocycles. The Morgan fingerprint density at radius 2 is 1.57 bits per heavy atom. The molecule has 5 heteroatoms. The van der Waals surface area contributed by atoms with Crippen molar-refractivity contribution in [3.63, 3.8) is 0 Å². The van der Waals surface area contributed by atoms with Crippen molar-refractivity contribution < 1.29 is 14.2 Å². The van der Waals surface area contributed by atoms with E-state index in [4.69, 9.17) is 19.2 Å². The number of methoxy groups -OCH3 is 3. The van der Waals surface area contributed by atoms with Crippen LogP contribution in [0.2, 0.25) is 0 Å². The number of aliphatic imine (C=N–C) groups is 1. The quantitative estimate of drug-likeness (QED) is 0.859. The van der Waals surface area contributed by atoms with Gasteiger partial charge in [-0.2, -0.15) is 0 Å². The van der Waals surface area contributed by atoms with E-state index in [2.05, 4.69) is 18.2 Å². The Bertz CT molecular complexity index is 703. The lowest BCUT2D eigenvalue weighted by Gasteiger charge is -2.19. The fraction of sp³-hybridized carbons (Fsp3) is 0.278. The minimum Gasteiger partial charge on any atom is -0.493 e. The number of hydrogen-bond acceptors (Lipinski definition) is 4. The summed E-state index contributed by atoms with van der Waals surface area (Å²) in [6.45, 7) is 0.795. The Kier molecular flexibility index (Phi) is 5.50. The molecule has 0 atom stereocenters. The molecule has 1 aliphatic rings. The van der Waals surface area contributed by atoms with Crippen molar-refractivity contribution in [2.24, 2.45) is 4.99 Å². The van der Waals surface area contributed by atoms with Crippen LogP contribution in [-0.4, -0.2) is 33.6 Å². The molecule has 0 amide bonds. The molecule has 0 spiro atoms. The Morgan fingerprint density at radius 1 is 0.913 bits per heavy atom. The summed E-state index contributed by atoms with van der Waals surface area (Å²) < 4.78 is 16.3. The van der Waals surface area contributed by atoms with Crippen LogP contribution in [0.5, 0.6) is 17.2 Å². The minimum absolute atomic E-state index is 0. The molecule has 0 fully saturated rings. The zero-order valence-electron chi connectivity index (χ0n) is 13.5. The van der Waals surface area contributed by atoms with Gasteiger partial charge in [-0.1, -0.05) is 24.3 Å². The largest absolute Gasteiger partial charge is 0.493 e. The van der Waals surface area contributed by atoms with Crippen molar-refractivity contribution in [3.05, 3.63) is 53.1 Å². The number of halogens is 1. The summed E-state index contributed by atoms with van der Waals surface area (Å²) in [6, 6.07) is 12.3. The Labute approximate surface area is 142 Å².